The topological polar surface area (TPSA) is 6.48 Å². The molecule has 0 N–H and O–H groups in total. The summed E-state index contributed by atoms with van der Waals surface area (Å²) in [5.41, 5.74) is 2.89. The van der Waals surface area contributed by atoms with Crippen LogP contribution in [0, 0.1) is 0 Å². The van der Waals surface area contributed by atoms with Gasteiger partial charge in [0.05, 0.1) is 0 Å². The van der Waals surface area contributed by atoms with Crippen LogP contribution in [0.25, 0.3) is 0 Å². The lowest BCUT2D eigenvalue weighted by molar-refractivity contribution is 0.0881. The number of aryl methyl sites for hydroxylation is 1. The lowest BCUT2D eigenvalue weighted by Gasteiger charge is -2.38. The van der Waals surface area contributed by atoms with Crippen molar-refractivity contribution < 1.29 is 0 Å². The van der Waals surface area contributed by atoms with Crippen molar-refractivity contribution in [1.29, 1.82) is 0 Å². The van der Waals surface area contributed by atoms with Crippen LogP contribution in [0.5, 0.6) is 0 Å². The Hall–Kier alpha value is -0.860. The highest BCUT2D eigenvalue weighted by Crippen LogP contribution is 2.14. The van der Waals surface area contributed by atoms with Crippen LogP contribution in [-0.4, -0.2) is 42.0 Å². The van der Waals surface area contributed by atoms with E-state index in [0.29, 0.717) is 0 Å². The Morgan fingerprint density at radius 3 is 1.90 bits per heavy atom. The van der Waals surface area contributed by atoms with Crippen molar-refractivity contribution in [2.24, 2.45) is 0 Å². The second-order valence-electron chi connectivity index (χ2n) is 5.95. The zero-order chi connectivity index (χ0) is 14.4. The van der Waals surface area contributed by atoms with E-state index in [9.17, 15) is 0 Å². The molecule has 0 spiro atoms. The van der Waals surface area contributed by atoms with Gasteiger partial charge in [0.25, 0.3) is 0 Å². The van der Waals surface area contributed by atoms with Gasteiger partial charge in [0.1, 0.15) is 0 Å². The zero-order valence-corrected chi connectivity index (χ0v) is 13.4. The summed E-state index contributed by atoms with van der Waals surface area (Å²) in [6.07, 6.45) is 3.71. The third-order valence-corrected chi connectivity index (χ3v) is 4.70. The van der Waals surface area contributed by atoms with E-state index in [2.05, 4.69) is 54.8 Å². The van der Waals surface area contributed by atoms with Crippen LogP contribution in [0.15, 0.2) is 24.3 Å². The van der Waals surface area contributed by atoms with Gasteiger partial charge in [-0.05, 0) is 30.4 Å². The van der Waals surface area contributed by atoms with Gasteiger partial charge in [-0.3, -0.25) is 9.80 Å². The lowest BCUT2D eigenvalue weighted by Crippen LogP contribution is -2.49. The van der Waals surface area contributed by atoms with Crippen molar-refractivity contribution >= 4 is 0 Å². The molecule has 0 bridgehead atoms. The van der Waals surface area contributed by atoms with Crippen LogP contribution in [0.1, 0.15) is 44.7 Å². The average molecular weight is 274 g/mol. The van der Waals surface area contributed by atoms with Gasteiger partial charge in [-0.2, -0.15) is 0 Å². The number of piperazine rings is 1. The highest BCUT2D eigenvalue weighted by molar-refractivity contribution is 5.22. The molecule has 2 nitrogen and oxygen atoms in total. The number of nitrogens with zero attached hydrogens (tertiary/aromatic N) is 2. The second-order valence-corrected chi connectivity index (χ2v) is 5.95. The molecule has 1 aromatic rings. The Morgan fingerprint density at radius 1 is 0.850 bits per heavy atom. The van der Waals surface area contributed by atoms with E-state index < -0.39 is 0 Å². The normalized spacial score (nSPS) is 17.8. The molecule has 1 fully saturated rings. The molecule has 0 saturated carbocycles. The Kier molecular flexibility index (Phi) is 6.06. The van der Waals surface area contributed by atoms with Crippen molar-refractivity contribution in [3.05, 3.63) is 35.4 Å². The van der Waals surface area contributed by atoms with Gasteiger partial charge in [-0.1, -0.05) is 45.0 Å². The van der Waals surface area contributed by atoms with Crippen molar-refractivity contribution in [3.8, 4) is 0 Å². The molecule has 0 atom stereocenters. The van der Waals surface area contributed by atoms with Crippen LogP contribution in [0.3, 0.4) is 0 Å². The summed E-state index contributed by atoms with van der Waals surface area (Å²) in [5.74, 6) is 0. The monoisotopic (exact) mass is 274 g/mol. The molecule has 0 radical (unpaired) electrons. The minimum Gasteiger partial charge on any atom is -0.298 e. The maximum Gasteiger partial charge on any atom is 0.0234 e. The van der Waals surface area contributed by atoms with E-state index in [-0.39, 0.29) is 0 Å². The first-order chi connectivity index (χ1) is 9.76. The lowest BCUT2D eigenvalue weighted by atomic mass is 10.1. The minimum absolute atomic E-state index is 0.793. The molecule has 2 heteroatoms. The van der Waals surface area contributed by atoms with E-state index >= 15 is 0 Å². The highest BCUT2D eigenvalue weighted by Gasteiger charge is 2.21. The third kappa shape index (κ3) is 4.07. The SMILES string of the molecule is CCc1ccc(CN2CCN(C(CC)CC)CC2)cc1. The van der Waals surface area contributed by atoms with Crippen LogP contribution in [0.4, 0.5) is 0 Å². The second kappa shape index (κ2) is 7.80. The fraction of sp³-hybridized carbons (Fsp3) is 0.667. The summed E-state index contributed by atoms with van der Waals surface area (Å²) in [5, 5.41) is 0. The smallest absolute Gasteiger partial charge is 0.0234 e. The summed E-state index contributed by atoms with van der Waals surface area (Å²) in [6, 6.07) is 9.94. The van der Waals surface area contributed by atoms with Gasteiger partial charge in [-0.15, -0.1) is 0 Å². The first-order valence-corrected chi connectivity index (χ1v) is 8.31. The minimum atomic E-state index is 0.793. The molecule has 1 saturated heterocycles. The molecule has 1 aliphatic rings. The van der Waals surface area contributed by atoms with Crippen LogP contribution in [0.2, 0.25) is 0 Å². The van der Waals surface area contributed by atoms with Crippen LogP contribution in [-0.2, 0) is 13.0 Å². The standard InChI is InChI=1S/C18H30N2/c1-4-16-7-9-17(10-8-16)15-19-11-13-20(14-12-19)18(5-2)6-3/h7-10,18H,4-6,11-15H2,1-3H3. The summed E-state index contributed by atoms with van der Waals surface area (Å²) >= 11 is 0. The van der Waals surface area contributed by atoms with Gasteiger partial charge in [0.15, 0.2) is 0 Å². The highest BCUT2D eigenvalue weighted by atomic mass is 15.3. The fourth-order valence-corrected chi connectivity index (χ4v) is 3.23. The van der Waals surface area contributed by atoms with E-state index in [1.807, 2.05) is 0 Å². The van der Waals surface area contributed by atoms with Crippen molar-refractivity contribution in [2.45, 2.75) is 52.6 Å². The average Bonchev–Trinajstić information content (AvgIpc) is 2.51. The molecule has 1 heterocycles. The molecule has 112 valence electrons. The first-order valence-electron chi connectivity index (χ1n) is 8.31. The molecule has 0 aromatic heterocycles. The summed E-state index contributed by atoms with van der Waals surface area (Å²) in [4.78, 5) is 5.27. The van der Waals surface area contributed by atoms with Gasteiger partial charge >= 0.3 is 0 Å². The van der Waals surface area contributed by atoms with Gasteiger partial charge in [-0.25, -0.2) is 0 Å². The van der Waals surface area contributed by atoms with Crippen molar-refractivity contribution in [3.63, 3.8) is 0 Å². The largest absolute Gasteiger partial charge is 0.298 e. The van der Waals surface area contributed by atoms with Gasteiger partial charge < -0.3 is 0 Å². The molecular formula is C18H30N2. The van der Waals surface area contributed by atoms with Gasteiger partial charge in [0.2, 0.25) is 0 Å². The van der Waals surface area contributed by atoms with E-state index in [1.165, 1.54) is 50.1 Å². The maximum atomic E-state index is 2.68. The molecule has 20 heavy (non-hydrogen) atoms. The van der Waals surface area contributed by atoms with Crippen LogP contribution < -0.4 is 0 Å². The molecule has 1 aromatic carbocycles. The Labute approximate surface area is 124 Å². The molecule has 0 aliphatic carbocycles. The van der Waals surface area contributed by atoms with Crippen molar-refractivity contribution in [1.82, 2.24) is 9.80 Å². The first kappa shape index (κ1) is 15.5. The molecule has 0 unspecified atom stereocenters. The number of hydrogen-bond acceptors (Lipinski definition) is 2. The van der Waals surface area contributed by atoms with Crippen molar-refractivity contribution in [2.75, 3.05) is 26.2 Å². The van der Waals surface area contributed by atoms with Crippen LogP contribution >= 0.6 is 0 Å². The number of rotatable bonds is 6. The maximum absolute atomic E-state index is 2.68. The summed E-state index contributed by atoms with van der Waals surface area (Å²) < 4.78 is 0. The molecule has 0 amide bonds. The molecular weight excluding hydrogens is 244 g/mol. The summed E-state index contributed by atoms with van der Waals surface area (Å²) in [6.45, 7) is 12.9. The Balaban J connectivity index is 1.81. The quantitative estimate of drug-likeness (QED) is 0.782. The zero-order valence-electron chi connectivity index (χ0n) is 13.4. The Morgan fingerprint density at radius 2 is 1.40 bits per heavy atom. The fourth-order valence-electron chi connectivity index (χ4n) is 3.23. The number of hydrogen-bond donors (Lipinski definition) is 0. The predicted octanol–water partition coefficient (Wildman–Crippen LogP) is 3.56. The van der Waals surface area contributed by atoms with Gasteiger partial charge in [0, 0.05) is 38.8 Å². The van der Waals surface area contributed by atoms with E-state index in [0.717, 1.165) is 19.0 Å². The Bertz CT molecular complexity index is 373. The summed E-state index contributed by atoms with van der Waals surface area (Å²) in [7, 11) is 0. The molecule has 2 rings (SSSR count). The van der Waals surface area contributed by atoms with E-state index in [1.54, 1.807) is 0 Å². The molecule has 1 aliphatic heterocycles. The van der Waals surface area contributed by atoms with E-state index in [4.69, 9.17) is 0 Å². The third-order valence-electron chi connectivity index (χ3n) is 4.70. The predicted molar refractivity (Wildman–Crippen MR) is 87.0 cm³/mol. The number of benzene rings is 1.